The molecule has 1 heterocycles. The van der Waals surface area contributed by atoms with Gasteiger partial charge in [-0.15, -0.1) is 0 Å². The SMILES string of the molecule is Cc1oc(CNCCOCCC(C)C)cc1C(=O)O. The van der Waals surface area contributed by atoms with Crippen LogP contribution in [-0.2, 0) is 11.3 Å². The molecular formula is C14H23NO4. The first-order chi connectivity index (χ1) is 9.00. The largest absolute Gasteiger partial charge is 0.478 e. The third-order valence-corrected chi connectivity index (χ3v) is 2.76. The monoisotopic (exact) mass is 269 g/mol. The van der Waals surface area contributed by atoms with Crippen molar-refractivity contribution in [1.29, 1.82) is 0 Å². The van der Waals surface area contributed by atoms with Gasteiger partial charge in [0.2, 0.25) is 0 Å². The summed E-state index contributed by atoms with van der Waals surface area (Å²) in [5.41, 5.74) is 0.227. The van der Waals surface area contributed by atoms with Gasteiger partial charge in [0.25, 0.3) is 0 Å². The predicted octanol–water partition coefficient (Wildman–Crippen LogP) is 2.44. The first-order valence-electron chi connectivity index (χ1n) is 6.61. The number of aryl methyl sites for hydroxylation is 1. The lowest BCUT2D eigenvalue weighted by atomic mass is 10.1. The lowest BCUT2D eigenvalue weighted by molar-refractivity contribution is 0.0695. The Bertz CT molecular complexity index is 398. The van der Waals surface area contributed by atoms with Crippen LogP contribution >= 0.6 is 0 Å². The van der Waals surface area contributed by atoms with Crippen LogP contribution in [0.1, 0.15) is 42.1 Å². The van der Waals surface area contributed by atoms with E-state index in [1.54, 1.807) is 13.0 Å². The number of carboxylic acid groups (broad SMARTS) is 1. The minimum atomic E-state index is -0.954. The quantitative estimate of drug-likeness (QED) is 0.674. The van der Waals surface area contributed by atoms with Gasteiger partial charge in [-0.1, -0.05) is 13.8 Å². The molecule has 0 atom stereocenters. The van der Waals surface area contributed by atoms with Crippen LogP contribution in [-0.4, -0.2) is 30.8 Å². The van der Waals surface area contributed by atoms with Gasteiger partial charge in [0.1, 0.15) is 17.1 Å². The zero-order valence-corrected chi connectivity index (χ0v) is 11.9. The Hall–Kier alpha value is -1.33. The highest BCUT2D eigenvalue weighted by molar-refractivity contribution is 5.88. The van der Waals surface area contributed by atoms with Crippen LogP contribution in [0.4, 0.5) is 0 Å². The van der Waals surface area contributed by atoms with Gasteiger partial charge < -0.3 is 19.6 Å². The molecular weight excluding hydrogens is 246 g/mol. The van der Waals surface area contributed by atoms with E-state index in [4.69, 9.17) is 14.3 Å². The summed E-state index contributed by atoms with van der Waals surface area (Å²) in [6.07, 6.45) is 1.07. The van der Waals surface area contributed by atoms with Crippen LogP contribution in [0.5, 0.6) is 0 Å². The Balaban J connectivity index is 2.16. The summed E-state index contributed by atoms with van der Waals surface area (Å²) in [7, 11) is 0. The summed E-state index contributed by atoms with van der Waals surface area (Å²) < 4.78 is 10.8. The molecule has 1 aromatic heterocycles. The van der Waals surface area contributed by atoms with Crippen molar-refractivity contribution in [3.8, 4) is 0 Å². The molecule has 2 N–H and O–H groups in total. The van der Waals surface area contributed by atoms with Crippen LogP contribution in [0.15, 0.2) is 10.5 Å². The van der Waals surface area contributed by atoms with Crippen LogP contribution in [0.3, 0.4) is 0 Å². The lowest BCUT2D eigenvalue weighted by Gasteiger charge is -2.06. The van der Waals surface area contributed by atoms with E-state index < -0.39 is 5.97 Å². The van der Waals surface area contributed by atoms with Crippen molar-refractivity contribution >= 4 is 5.97 Å². The summed E-state index contributed by atoms with van der Waals surface area (Å²) in [4.78, 5) is 10.8. The van der Waals surface area contributed by atoms with Crippen molar-refractivity contribution < 1.29 is 19.1 Å². The molecule has 0 saturated carbocycles. The Kier molecular flexibility index (Phi) is 6.59. The highest BCUT2D eigenvalue weighted by Gasteiger charge is 2.12. The standard InChI is InChI=1S/C14H23NO4/c1-10(2)4-6-18-7-5-15-9-12-8-13(14(16)17)11(3)19-12/h8,10,15H,4-7,9H2,1-3H3,(H,16,17). The van der Waals surface area contributed by atoms with Crippen molar-refractivity contribution in [3.63, 3.8) is 0 Å². The maximum atomic E-state index is 10.8. The van der Waals surface area contributed by atoms with Crippen molar-refractivity contribution in [2.45, 2.75) is 33.7 Å². The molecule has 0 aromatic carbocycles. The van der Waals surface area contributed by atoms with Gasteiger partial charge in [0.05, 0.1) is 13.2 Å². The summed E-state index contributed by atoms with van der Waals surface area (Å²) in [6, 6.07) is 1.56. The van der Waals surface area contributed by atoms with Gasteiger partial charge in [-0.25, -0.2) is 4.79 Å². The third kappa shape index (κ3) is 5.89. The molecule has 0 spiro atoms. The molecule has 0 aliphatic rings. The molecule has 0 aliphatic carbocycles. The number of hydrogen-bond acceptors (Lipinski definition) is 4. The summed E-state index contributed by atoms with van der Waals surface area (Å²) >= 11 is 0. The summed E-state index contributed by atoms with van der Waals surface area (Å²) in [6.45, 7) is 8.66. The fraction of sp³-hybridized carbons (Fsp3) is 0.643. The fourth-order valence-electron chi connectivity index (χ4n) is 1.62. The van der Waals surface area contributed by atoms with E-state index in [0.29, 0.717) is 30.6 Å². The van der Waals surface area contributed by atoms with Crippen LogP contribution in [0, 0.1) is 12.8 Å². The van der Waals surface area contributed by atoms with E-state index in [9.17, 15) is 4.79 Å². The Morgan fingerprint density at radius 1 is 1.47 bits per heavy atom. The third-order valence-electron chi connectivity index (χ3n) is 2.76. The van der Waals surface area contributed by atoms with Gasteiger partial charge in [-0.3, -0.25) is 0 Å². The normalized spacial score (nSPS) is 11.2. The number of carbonyl (C=O) groups is 1. The number of nitrogens with one attached hydrogen (secondary N) is 1. The van der Waals surface area contributed by atoms with Crippen molar-refractivity contribution in [1.82, 2.24) is 5.32 Å². The van der Waals surface area contributed by atoms with Crippen molar-refractivity contribution in [3.05, 3.63) is 23.2 Å². The van der Waals surface area contributed by atoms with Gasteiger partial charge in [-0.05, 0) is 25.3 Å². The average Bonchev–Trinajstić information content (AvgIpc) is 2.69. The molecule has 0 saturated heterocycles. The predicted molar refractivity (Wildman–Crippen MR) is 72.4 cm³/mol. The van der Waals surface area contributed by atoms with E-state index in [1.807, 2.05) is 0 Å². The molecule has 5 heteroatoms. The molecule has 0 aliphatic heterocycles. The number of rotatable bonds is 9. The zero-order valence-electron chi connectivity index (χ0n) is 11.9. The number of aromatic carboxylic acids is 1. The Labute approximate surface area is 113 Å². The molecule has 0 fully saturated rings. The molecule has 0 unspecified atom stereocenters. The highest BCUT2D eigenvalue weighted by Crippen LogP contribution is 2.14. The minimum Gasteiger partial charge on any atom is -0.478 e. The second-order valence-corrected chi connectivity index (χ2v) is 4.96. The number of ether oxygens (including phenoxy) is 1. The molecule has 0 radical (unpaired) electrons. The van der Waals surface area contributed by atoms with E-state index in [0.717, 1.165) is 19.6 Å². The highest BCUT2D eigenvalue weighted by atomic mass is 16.5. The lowest BCUT2D eigenvalue weighted by Crippen LogP contribution is -2.19. The second-order valence-electron chi connectivity index (χ2n) is 4.96. The maximum Gasteiger partial charge on any atom is 0.339 e. The van der Waals surface area contributed by atoms with Crippen LogP contribution < -0.4 is 5.32 Å². The van der Waals surface area contributed by atoms with Gasteiger partial charge >= 0.3 is 5.97 Å². The van der Waals surface area contributed by atoms with Gasteiger partial charge in [0, 0.05) is 13.2 Å². The Morgan fingerprint density at radius 2 is 2.21 bits per heavy atom. The molecule has 19 heavy (non-hydrogen) atoms. The topological polar surface area (TPSA) is 71.7 Å². The van der Waals surface area contributed by atoms with E-state index in [2.05, 4.69) is 19.2 Å². The molecule has 5 nitrogen and oxygen atoms in total. The second kappa shape index (κ2) is 7.96. The molecule has 1 aromatic rings. The molecule has 0 amide bonds. The van der Waals surface area contributed by atoms with Crippen LogP contribution in [0.2, 0.25) is 0 Å². The zero-order chi connectivity index (χ0) is 14.3. The van der Waals surface area contributed by atoms with Crippen molar-refractivity contribution in [2.75, 3.05) is 19.8 Å². The van der Waals surface area contributed by atoms with Gasteiger partial charge in [-0.2, -0.15) is 0 Å². The molecule has 0 bridgehead atoms. The Morgan fingerprint density at radius 3 is 2.79 bits per heavy atom. The maximum absolute atomic E-state index is 10.8. The average molecular weight is 269 g/mol. The molecule has 108 valence electrons. The fourth-order valence-corrected chi connectivity index (χ4v) is 1.62. The first kappa shape index (κ1) is 15.7. The number of carboxylic acids is 1. The molecule has 1 rings (SSSR count). The summed E-state index contributed by atoms with van der Waals surface area (Å²) in [5, 5.41) is 12.0. The van der Waals surface area contributed by atoms with E-state index in [1.165, 1.54) is 0 Å². The van der Waals surface area contributed by atoms with Crippen molar-refractivity contribution in [2.24, 2.45) is 5.92 Å². The smallest absolute Gasteiger partial charge is 0.339 e. The van der Waals surface area contributed by atoms with E-state index in [-0.39, 0.29) is 5.56 Å². The van der Waals surface area contributed by atoms with Crippen LogP contribution in [0.25, 0.3) is 0 Å². The first-order valence-corrected chi connectivity index (χ1v) is 6.61. The number of furan rings is 1. The van der Waals surface area contributed by atoms with E-state index >= 15 is 0 Å². The van der Waals surface area contributed by atoms with Gasteiger partial charge in [0.15, 0.2) is 0 Å². The number of hydrogen-bond donors (Lipinski definition) is 2. The minimum absolute atomic E-state index is 0.227. The summed E-state index contributed by atoms with van der Waals surface area (Å²) in [5.74, 6) is 0.785.